The van der Waals surface area contributed by atoms with Crippen molar-refractivity contribution in [3.63, 3.8) is 0 Å². The number of hydrogen-bond acceptors (Lipinski definition) is 6. The molecule has 2 aliphatic rings. The van der Waals surface area contributed by atoms with Gasteiger partial charge in [0, 0.05) is 13.0 Å². The van der Waals surface area contributed by atoms with Crippen LogP contribution in [0.5, 0.6) is 0 Å². The van der Waals surface area contributed by atoms with E-state index in [1.165, 1.54) is 0 Å². The van der Waals surface area contributed by atoms with Crippen LogP contribution in [0.4, 0.5) is 0 Å². The molecule has 0 aromatic carbocycles. The standard InChI is InChI=1S/C24H38N4O5/c1-3-5-8-11-20(21(29)22(30)25-14-6-4-2)27-23(31)24(12-9-7-10-13-24)26-19-28(32)15-17-33-18-16-28/h7,9,20,26H,3-6,10,12-19H2,1-2H3,(H,25,30)(H,27,31). The molecule has 1 aliphatic heterocycles. The van der Waals surface area contributed by atoms with Gasteiger partial charge in [0.15, 0.2) is 6.04 Å². The zero-order valence-electron chi connectivity index (χ0n) is 19.9. The highest BCUT2D eigenvalue weighted by Gasteiger charge is 2.41. The maximum atomic E-state index is 13.4. The zero-order valence-corrected chi connectivity index (χ0v) is 19.9. The van der Waals surface area contributed by atoms with Crippen LogP contribution in [0.3, 0.4) is 0 Å². The molecule has 0 bridgehead atoms. The molecule has 0 aromatic rings. The molecule has 2 amide bonds. The minimum atomic E-state index is -1.23. The summed E-state index contributed by atoms with van der Waals surface area (Å²) in [7, 11) is 0. The van der Waals surface area contributed by atoms with E-state index in [0.29, 0.717) is 58.5 Å². The number of morpholine rings is 1. The highest BCUT2D eigenvalue weighted by molar-refractivity contribution is 6.39. The first-order valence-corrected chi connectivity index (χ1v) is 12.0. The molecule has 0 spiro atoms. The molecule has 2 rings (SSSR count). The molecule has 0 saturated carbocycles. The molecule has 9 heteroatoms. The Hall–Kier alpha value is -2.25. The van der Waals surface area contributed by atoms with E-state index < -0.39 is 33.8 Å². The molecule has 2 unspecified atom stereocenters. The fourth-order valence-corrected chi connectivity index (χ4v) is 3.74. The average Bonchev–Trinajstić information content (AvgIpc) is 2.83. The van der Waals surface area contributed by atoms with Crippen LogP contribution in [0.15, 0.2) is 12.2 Å². The Morgan fingerprint density at radius 2 is 1.94 bits per heavy atom. The van der Waals surface area contributed by atoms with Crippen molar-refractivity contribution in [3.05, 3.63) is 17.4 Å². The molecule has 33 heavy (non-hydrogen) atoms. The molecule has 9 nitrogen and oxygen atoms in total. The van der Waals surface area contributed by atoms with Crippen molar-refractivity contribution >= 4 is 17.6 Å². The summed E-state index contributed by atoms with van der Waals surface area (Å²) in [5.74, 6) is 3.71. The summed E-state index contributed by atoms with van der Waals surface area (Å²) in [6, 6.07) is -1.23. The number of quaternary nitrogens is 1. The number of nitrogens with zero attached hydrogens (tertiary/aromatic N) is 1. The van der Waals surface area contributed by atoms with E-state index in [9.17, 15) is 19.6 Å². The number of unbranched alkanes of at least 4 members (excludes halogenated alkanes) is 2. The van der Waals surface area contributed by atoms with Gasteiger partial charge in [-0.2, -0.15) is 0 Å². The van der Waals surface area contributed by atoms with E-state index in [-0.39, 0.29) is 6.67 Å². The Labute approximate surface area is 196 Å². The number of hydroxylamine groups is 3. The molecule has 0 radical (unpaired) electrons. The minimum Gasteiger partial charge on any atom is -0.632 e. The second kappa shape index (κ2) is 13.5. The molecular weight excluding hydrogens is 424 g/mol. The van der Waals surface area contributed by atoms with E-state index in [2.05, 4.69) is 27.8 Å². The summed E-state index contributed by atoms with van der Waals surface area (Å²) in [4.78, 5) is 38.6. The van der Waals surface area contributed by atoms with Crippen molar-refractivity contribution < 1.29 is 23.8 Å². The molecule has 2 atom stereocenters. The van der Waals surface area contributed by atoms with Crippen LogP contribution in [-0.4, -0.2) is 73.3 Å². The summed E-state index contributed by atoms with van der Waals surface area (Å²) in [5, 5.41) is 21.5. The van der Waals surface area contributed by atoms with Gasteiger partial charge in [0.2, 0.25) is 5.91 Å². The molecular formula is C24H38N4O5. The number of carbonyl (C=O) groups excluding carboxylic acids is 3. The Kier molecular flexibility index (Phi) is 11.0. The van der Waals surface area contributed by atoms with Gasteiger partial charge in [-0.15, -0.1) is 5.92 Å². The molecule has 0 aromatic heterocycles. The fraction of sp³-hybridized carbons (Fsp3) is 0.708. The Bertz CT molecular complexity index is 767. The molecule has 1 heterocycles. The van der Waals surface area contributed by atoms with Gasteiger partial charge in [-0.3, -0.25) is 19.7 Å². The predicted molar refractivity (Wildman–Crippen MR) is 125 cm³/mol. The van der Waals surface area contributed by atoms with E-state index >= 15 is 0 Å². The number of allylic oxidation sites excluding steroid dienone is 1. The third kappa shape index (κ3) is 8.23. The lowest BCUT2D eigenvalue weighted by molar-refractivity contribution is -0.891. The van der Waals surface area contributed by atoms with Gasteiger partial charge in [-0.1, -0.05) is 38.3 Å². The van der Waals surface area contributed by atoms with E-state index in [1.807, 2.05) is 26.0 Å². The lowest BCUT2D eigenvalue weighted by Gasteiger charge is -2.47. The van der Waals surface area contributed by atoms with Crippen molar-refractivity contribution in [1.29, 1.82) is 0 Å². The Balaban J connectivity index is 2.14. The summed E-state index contributed by atoms with van der Waals surface area (Å²) >= 11 is 0. The molecule has 1 saturated heterocycles. The molecule has 3 N–H and O–H groups in total. The van der Waals surface area contributed by atoms with Gasteiger partial charge in [-0.05, 0) is 32.1 Å². The number of rotatable bonds is 11. The fourth-order valence-electron chi connectivity index (χ4n) is 3.74. The van der Waals surface area contributed by atoms with Crippen molar-refractivity contribution in [2.24, 2.45) is 0 Å². The number of ether oxygens (including phenoxy) is 1. The van der Waals surface area contributed by atoms with Crippen LogP contribution in [0.2, 0.25) is 0 Å². The first kappa shape index (κ1) is 27.0. The number of amides is 2. The summed E-state index contributed by atoms with van der Waals surface area (Å²) in [5.41, 5.74) is -1.04. The van der Waals surface area contributed by atoms with Crippen molar-refractivity contribution in [2.75, 3.05) is 39.5 Å². The maximum Gasteiger partial charge on any atom is 0.290 e. The van der Waals surface area contributed by atoms with Gasteiger partial charge in [-0.25, -0.2) is 0 Å². The van der Waals surface area contributed by atoms with Crippen molar-refractivity contribution in [2.45, 2.75) is 70.4 Å². The number of ketones is 1. The molecule has 1 fully saturated rings. The van der Waals surface area contributed by atoms with Gasteiger partial charge in [0.1, 0.15) is 25.3 Å². The third-order valence-electron chi connectivity index (χ3n) is 6.00. The molecule has 1 aliphatic carbocycles. The van der Waals surface area contributed by atoms with Crippen LogP contribution in [0, 0.1) is 17.0 Å². The first-order chi connectivity index (χ1) is 15.9. The van der Waals surface area contributed by atoms with Crippen LogP contribution in [0.1, 0.15) is 58.8 Å². The highest BCUT2D eigenvalue weighted by Crippen LogP contribution is 2.25. The number of nitrogens with one attached hydrogen (secondary N) is 3. The van der Waals surface area contributed by atoms with Gasteiger partial charge in [0.25, 0.3) is 11.7 Å². The SMILES string of the molecule is CCCC#CC(NC(=O)C1(NC[N+]2([O-])CCOCC2)CC=CCC1)C(=O)C(=O)NCCCC. The molecule has 184 valence electrons. The monoisotopic (exact) mass is 462 g/mol. The summed E-state index contributed by atoms with van der Waals surface area (Å²) in [6.07, 6.45) is 8.44. The number of Topliss-reactive ketones (excluding diaryl/α,β-unsaturated/α-hetero) is 1. The lowest BCUT2D eigenvalue weighted by atomic mass is 9.84. The predicted octanol–water partition coefficient (Wildman–Crippen LogP) is 1.13. The number of hydrogen-bond donors (Lipinski definition) is 3. The second-order valence-electron chi connectivity index (χ2n) is 8.70. The zero-order chi connectivity index (χ0) is 24.2. The van der Waals surface area contributed by atoms with E-state index in [0.717, 1.165) is 19.3 Å². The second-order valence-corrected chi connectivity index (χ2v) is 8.70. The third-order valence-corrected chi connectivity index (χ3v) is 6.00. The largest absolute Gasteiger partial charge is 0.632 e. The van der Waals surface area contributed by atoms with Crippen LogP contribution >= 0.6 is 0 Å². The average molecular weight is 463 g/mol. The highest BCUT2D eigenvalue weighted by atomic mass is 16.6. The topological polar surface area (TPSA) is 120 Å². The van der Waals surface area contributed by atoms with Gasteiger partial charge < -0.3 is 25.2 Å². The van der Waals surface area contributed by atoms with Gasteiger partial charge in [0.05, 0.1) is 13.2 Å². The summed E-state index contributed by atoms with van der Waals surface area (Å²) < 4.78 is 4.81. The van der Waals surface area contributed by atoms with Crippen LogP contribution in [0.25, 0.3) is 0 Å². The number of carbonyl (C=O) groups is 3. The van der Waals surface area contributed by atoms with Crippen LogP contribution in [-0.2, 0) is 19.1 Å². The van der Waals surface area contributed by atoms with Gasteiger partial charge >= 0.3 is 0 Å². The van der Waals surface area contributed by atoms with Crippen molar-refractivity contribution in [1.82, 2.24) is 16.0 Å². The van der Waals surface area contributed by atoms with Crippen LogP contribution < -0.4 is 16.0 Å². The normalized spacial score (nSPS) is 22.5. The Morgan fingerprint density at radius 3 is 2.58 bits per heavy atom. The summed E-state index contributed by atoms with van der Waals surface area (Å²) in [6.45, 7) is 5.84. The smallest absolute Gasteiger partial charge is 0.290 e. The van der Waals surface area contributed by atoms with E-state index in [1.54, 1.807) is 0 Å². The lowest BCUT2D eigenvalue weighted by Crippen LogP contribution is -2.65. The first-order valence-electron chi connectivity index (χ1n) is 12.0. The quantitative estimate of drug-likeness (QED) is 0.106. The Morgan fingerprint density at radius 1 is 1.18 bits per heavy atom. The minimum absolute atomic E-state index is 0.0717. The van der Waals surface area contributed by atoms with E-state index in [4.69, 9.17) is 4.74 Å². The maximum absolute atomic E-state index is 13.4. The van der Waals surface area contributed by atoms with Crippen molar-refractivity contribution in [3.8, 4) is 11.8 Å².